The van der Waals surface area contributed by atoms with E-state index in [2.05, 4.69) is 20.6 Å². The zero-order valence-electron chi connectivity index (χ0n) is 20.5. The maximum atomic E-state index is 15.1. The molecule has 2 N–H and O–H groups in total. The summed E-state index contributed by atoms with van der Waals surface area (Å²) in [6.07, 6.45) is 0.844. The van der Waals surface area contributed by atoms with E-state index in [9.17, 15) is 8.78 Å². The number of anilines is 4. The van der Waals surface area contributed by atoms with Crippen LogP contribution in [0.5, 0.6) is 5.75 Å². The van der Waals surface area contributed by atoms with E-state index in [1.165, 1.54) is 12.1 Å². The Bertz CT molecular complexity index is 1260. The fraction of sp³-hybridized carbons (Fsp3) is 0.385. The van der Waals surface area contributed by atoms with E-state index >= 15 is 4.39 Å². The lowest BCUT2D eigenvalue weighted by Crippen LogP contribution is -2.43. The smallest absolute Gasteiger partial charge is 0.227 e. The molecule has 0 spiro atoms. The number of fused-ring (bicyclic) bond motifs is 1. The number of halogens is 3. The van der Waals surface area contributed by atoms with Gasteiger partial charge in [-0.05, 0) is 51.1 Å². The Morgan fingerprint density at radius 1 is 1.03 bits per heavy atom. The van der Waals surface area contributed by atoms with Gasteiger partial charge in [0.2, 0.25) is 5.95 Å². The van der Waals surface area contributed by atoms with Crippen molar-refractivity contribution in [3.63, 3.8) is 0 Å². The first-order valence-corrected chi connectivity index (χ1v) is 12.1. The molecule has 7 nitrogen and oxygen atoms in total. The van der Waals surface area contributed by atoms with E-state index in [0.29, 0.717) is 23.6 Å². The molecule has 0 bridgehead atoms. The first kappa shape index (κ1) is 24.2. The van der Waals surface area contributed by atoms with Crippen LogP contribution in [-0.2, 0) is 0 Å². The Balaban J connectivity index is 1.44. The number of hydrogen-bond donors (Lipinski definition) is 2. The van der Waals surface area contributed by atoms with Crippen LogP contribution in [0, 0.1) is 17.5 Å². The number of ether oxygens (including phenoxy) is 1. The summed E-state index contributed by atoms with van der Waals surface area (Å²) in [7, 11) is 0. The molecule has 3 aromatic rings. The van der Waals surface area contributed by atoms with Crippen molar-refractivity contribution in [2.24, 2.45) is 0 Å². The van der Waals surface area contributed by atoms with E-state index in [-0.39, 0.29) is 40.9 Å². The van der Waals surface area contributed by atoms with Crippen LogP contribution in [0.3, 0.4) is 0 Å². The van der Waals surface area contributed by atoms with Crippen LogP contribution in [0.25, 0.3) is 11.3 Å². The highest BCUT2D eigenvalue weighted by atomic mass is 19.1. The molecule has 1 unspecified atom stereocenters. The van der Waals surface area contributed by atoms with Crippen LogP contribution in [-0.4, -0.2) is 54.8 Å². The van der Waals surface area contributed by atoms with Crippen molar-refractivity contribution in [1.82, 2.24) is 15.3 Å². The van der Waals surface area contributed by atoms with Gasteiger partial charge in [0.05, 0.1) is 24.1 Å². The van der Waals surface area contributed by atoms with E-state index in [1.54, 1.807) is 18.2 Å². The van der Waals surface area contributed by atoms with Gasteiger partial charge in [0, 0.05) is 43.5 Å². The molecule has 2 aliphatic rings. The van der Waals surface area contributed by atoms with Gasteiger partial charge in [0.25, 0.3) is 0 Å². The monoisotopic (exact) mass is 498 g/mol. The largest absolute Gasteiger partial charge is 0.484 e. The minimum Gasteiger partial charge on any atom is -0.484 e. The summed E-state index contributed by atoms with van der Waals surface area (Å²) in [5.74, 6) is -1.42. The van der Waals surface area contributed by atoms with Crippen molar-refractivity contribution in [2.45, 2.75) is 32.9 Å². The maximum Gasteiger partial charge on any atom is 0.227 e. The summed E-state index contributed by atoms with van der Waals surface area (Å²) in [4.78, 5) is 12.3. The molecule has 36 heavy (non-hydrogen) atoms. The topological polar surface area (TPSA) is 65.6 Å². The first-order valence-electron chi connectivity index (χ1n) is 12.1. The molecule has 0 amide bonds. The molecular weight excluding hydrogens is 469 g/mol. The molecule has 1 aromatic heterocycles. The lowest BCUT2D eigenvalue weighted by Gasteiger charge is -2.38. The van der Waals surface area contributed by atoms with E-state index in [0.717, 1.165) is 32.4 Å². The molecule has 0 aliphatic carbocycles. The summed E-state index contributed by atoms with van der Waals surface area (Å²) in [6.45, 7) is 9.53. The molecule has 2 aromatic carbocycles. The molecule has 3 heterocycles. The summed E-state index contributed by atoms with van der Waals surface area (Å²) < 4.78 is 50.4. The van der Waals surface area contributed by atoms with Gasteiger partial charge in [-0.1, -0.05) is 0 Å². The minimum absolute atomic E-state index is 0.0607. The van der Waals surface area contributed by atoms with Crippen molar-refractivity contribution in [3.8, 4) is 17.0 Å². The fourth-order valence-corrected chi connectivity index (χ4v) is 4.65. The van der Waals surface area contributed by atoms with Crippen molar-refractivity contribution in [3.05, 3.63) is 54.0 Å². The van der Waals surface area contributed by atoms with Gasteiger partial charge in [-0.25, -0.2) is 23.1 Å². The molecule has 1 fully saturated rings. The molecule has 0 saturated carbocycles. The van der Waals surface area contributed by atoms with Gasteiger partial charge in [-0.3, -0.25) is 0 Å². The van der Waals surface area contributed by atoms with Crippen LogP contribution in [0.4, 0.5) is 36.2 Å². The van der Waals surface area contributed by atoms with Crippen LogP contribution in [0.2, 0.25) is 0 Å². The van der Waals surface area contributed by atoms with Gasteiger partial charge < -0.3 is 25.2 Å². The fourth-order valence-electron chi connectivity index (χ4n) is 4.65. The third-order valence-corrected chi connectivity index (χ3v) is 6.41. The van der Waals surface area contributed by atoms with Gasteiger partial charge >= 0.3 is 0 Å². The molecule has 5 rings (SSSR count). The third kappa shape index (κ3) is 4.77. The van der Waals surface area contributed by atoms with Crippen molar-refractivity contribution in [1.29, 1.82) is 0 Å². The second-order valence-electron chi connectivity index (χ2n) is 9.40. The molecule has 1 saturated heterocycles. The molecule has 1 atom stereocenters. The Morgan fingerprint density at radius 2 is 1.81 bits per heavy atom. The Hall–Kier alpha value is -3.53. The highest BCUT2D eigenvalue weighted by Crippen LogP contribution is 2.40. The number of hydrogen-bond acceptors (Lipinski definition) is 7. The number of nitrogens with zero attached hydrogens (tertiary/aromatic N) is 4. The summed E-state index contributed by atoms with van der Waals surface area (Å²) >= 11 is 0. The van der Waals surface area contributed by atoms with Crippen molar-refractivity contribution in [2.75, 3.05) is 47.8 Å². The lowest BCUT2D eigenvalue weighted by molar-refractivity contribution is 0.199. The van der Waals surface area contributed by atoms with Gasteiger partial charge in [0.1, 0.15) is 17.6 Å². The minimum atomic E-state index is -0.693. The molecule has 0 radical (unpaired) electrons. The van der Waals surface area contributed by atoms with Crippen molar-refractivity contribution >= 4 is 23.0 Å². The van der Waals surface area contributed by atoms with Crippen LogP contribution >= 0.6 is 0 Å². The molecule has 2 aliphatic heterocycles. The van der Waals surface area contributed by atoms with Crippen LogP contribution in [0.1, 0.15) is 20.8 Å². The number of nitrogens with one attached hydrogen (secondary N) is 2. The Kier molecular flexibility index (Phi) is 6.61. The lowest BCUT2D eigenvalue weighted by atomic mass is 10.1. The number of piperazine rings is 1. The zero-order chi connectivity index (χ0) is 25.4. The van der Waals surface area contributed by atoms with Gasteiger partial charge in [-0.15, -0.1) is 0 Å². The molecule has 10 heteroatoms. The quantitative estimate of drug-likeness (QED) is 0.528. The second kappa shape index (κ2) is 9.85. The second-order valence-corrected chi connectivity index (χ2v) is 9.40. The van der Waals surface area contributed by atoms with Crippen LogP contribution < -0.4 is 25.2 Å². The first-order chi connectivity index (χ1) is 17.3. The third-order valence-electron chi connectivity index (χ3n) is 6.41. The number of benzene rings is 2. The number of aromatic nitrogens is 2. The maximum absolute atomic E-state index is 15.1. The van der Waals surface area contributed by atoms with E-state index < -0.39 is 11.6 Å². The standard InChI is InChI=1S/C26H29F3N6O/c1-15(2)35-14-16(3)36-25-20(28)10-17(11-23(25)35)24-21(29)13-31-26(33-24)32-18-4-5-22(19(27)12-18)34-8-6-30-7-9-34/h4-5,10-13,15-16,30H,6-9,14H2,1-3H3,(H,31,32,33). The predicted molar refractivity (Wildman–Crippen MR) is 135 cm³/mol. The number of rotatable bonds is 5. The van der Waals surface area contributed by atoms with Gasteiger partial charge in [-0.2, -0.15) is 0 Å². The average Bonchev–Trinajstić information content (AvgIpc) is 2.85. The average molecular weight is 499 g/mol. The highest BCUT2D eigenvalue weighted by molar-refractivity contribution is 5.73. The Morgan fingerprint density at radius 3 is 2.53 bits per heavy atom. The van der Waals surface area contributed by atoms with E-state index in [1.807, 2.05) is 30.6 Å². The Labute approximate surface area is 208 Å². The van der Waals surface area contributed by atoms with Gasteiger partial charge in [0.15, 0.2) is 17.4 Å². The predicted octanol–water partition coefficient (Wildman–Crippen LogP) is 4.71. The van der Waals surface area contributed by atoms with Crippen LogP contribution in [0.15, 0.2) is 36.5 Å². The SMILES string of the molecule is CC1CN(C(C)C)c2cc(-c3nc(Nc4ccc(N5CCNCC5)c(F)c4)ncc3F)cc(F)c2O1. The molecule has 190 valence electrons. The highest BCUT2D eigenvalue weighted by Gasteiger charge is 2.29. The zero-order valence-corrected chi connectivity index (χ0v) is 20.5. The van der Waals surface area contributed by atoms with Crippen molar-refractivity contribution < 1.29 is 17.9 Å². The summed E-state index contributed by atoms with van der Waals surface area (Å²) in [5, 5.41) is 6.18. The normalized spacial score (nSPS) is 17.7. The summed E-state index contributed by atoms with van der Waals surface area (Å²) in [6, 6.07) is 7.78. The summed E-state index contributed by atoms with van der Waals surface area (Å²) in [5.41, 5.74) is 1.70. The molecular formula is C26H29F3N6O. The van der Waals surface area contributed by atoms with E-state index in [4.69, 9.17) is 4.74 Å².